The fourth-order valence-corrected chi connectivity index (χ4v) is 5.59. The van der Waals surface area contributed by atoms with Gasteiger partial charge in [-0.2, -0.15) is 13.2 Å². The van der Waals surface area contributed by atoms with Crippen molar-refractivity contribution in [3.05, 3.63) is 94.8 Å². The van der Waals surface area contributed by atoms with Crippen LogP contribution >= 0.6 is 0 Å². The molecule has 0 aliphatic heterocycles. The highest BCUT2D eigenvalue weighted by Crippen LogP contribution is 2.35. The third kappa shape index (κ3) is 6.77. The summed E-state index contributed by atoms with van der Waals surface area (Å²) < 4.78 is 81.3. The van der Waals surface area contributed by atoms with Gasteiger partial charge >= 0.3 is 6.18 Å². The average molecular weight is 519 g/mol. The molecule has 1 saturated carbocycles. The Morgan fingerprint density at radius 2 is 1.41 bits per heavy atom. The summed E-state index contributed by atoms with van der Waals surface area (Å²) in [6.45, 7) is 3.81. The van der Waals surface area contributed by atoms with E-state index in [4.69, 9.17) is 0 Å². The van der Waals surface area contributed by atoms with Crippen LogP contribution in [-0.4, -0.2) is 0 Å². The van der Waals surface area contributed by atoms with Crippen molar-refractivity contribution in [2.45, 2.75) is 70.4 Å². The van der Waals surface area contributed by atoms with Crippen LogP contribution in [0.5, 0.6) is 0 Å². The minimum Gasteiger partial charge on any atom is -0.206 e. The lowest BCUT2D eigenvalue weighted by atomic mass is 9.78. The highest BCUT2D eigenvalue weighted by atomic mass is 19.4. The summed E-state index contributed by atoms with van der Waals surface area (Å²) in [4.78, 5) is 0. The predicted octanol–water partition coefficient (Wildman–Crippen LogP) is 9.77. The fraction of sp³-hybridized carbons (Fsp3) is 0.419. The van der Waals surface area contributed by atoms with Gasteiger partial charge in [0.05, 0.1) is 0 Å². The van der Waals surface area contributed by atoms with Crippen LogP contribution in [0.3, 0.4) is 0 Å². The van der Waals surface area contributed by atoms with Gasteiger partial charge in [-0.1, -0.05) is 62.1 Å². The molecule has 0 saturated heterocycles. The number of allylic oxidation sites excluding steroid dienone is 1. The van der Waals surface area contributed by atoms with E-state index in [1.54, 1.807) is 12.1 Å². The maximum atomic E-state index is 15.2. The third-order valence-electron chi connectivity index (χ3n) is 7.75. The van der Waals surface area contributed by atoms with Gasteiger partial charge < -0.3 is 0 Å². The van der Waals surface area contributed by atoms with Crippen LogP contribution in [-0.2, 0) is 25.4 Å². The Morgan fingerprint density at radius 3 is 2.03 bits per heavy atom. The Labute approximate surface area is 214 Å². The second-order valence-electron chi connectivity index (χ2n) is 10.3. The number of halogens is 6. The lowest BCUT2D eigenvalue weighted by molar-refractivity contribution is -0.142. The van der Waals surface area contributed by atoms with Crippen LogP contribution in [0.15, 0.2) is 55.1 Å². The number of rotatable bonds is 9. The molecule has 0 atom stereocenters. The molecule has 0 nitrogen and oxygen atoms in total. The lowest BCUT2D eigenvalue weighted by Crippen LogP contribution is -2.15. The Morgan fingerprint density at radius 1 is 0.757 bits per heavy atom. The van der Waals surface area contributed by atoms with Crippen molar-refractivity contribution >= 4 is 10.8 Å². The first-order chi connectivity index (χ1) is 17.7. The molecule has 0 unspecified atom stereocenters. The van der Waals surface area contributed by atoms with Gasteiger partial charge in [-0.05, 0) is 84.6 Å². The first-order valence-corrected chi connectivity index (χ1v) is 13.0. The van der Waals surface area contributed by atoms with Crippen LogP contribution in [0.2, 0.25) is 0 Å². The molecule has 198 valence electrons. The summed E-state index contributed by atoms with van der Waals surface area (Å²) >= 11 is 0. The molecule has 37 heavy (non-hydrogen) atoms. The minimum atomic E-state index is -5.11. The molecule has 1 aliphatic carbocycles. The van der Waals surface area contributed by atoms with Crippen LogP contribution in [0.25, 0.3) is 10.8 Å². The van der Waals surface area contributed by atoms with Gasteiger partial charge in [0.1, 0.15) is 23.0 Å². The average Bonchev–Trinajstić information content (AvgIpc) is 2.85. The molecule has 0 amide bonds. The van der Waals surface area contributed by atoms with E-state index in [0.717, 1.165) is 36.5 Å². The number of alkyl halides is 3. The molecule has 4 rings (SSSR count). The van der Waals surface area contributed by atoms with E-state index in [9.17, 15) is 22.0 Å². The Kier molecular flexibility index (Phi) is 8.66. The molecule has 1 aliphatic rings. The van der Waals surface area contributed by atoms with Gasteiger partial charge in [-0.15, -0.1) is 6.58 Å². The van der Waals surface area contributed by atoms with Gasteiger partial charge in [0.15, 0.2) is 0 Å². The second kappa shape index (κ2) is 11.7. The molecule has 3 aromatic rings. The second-order valence-corrected chi connectivity index (χ2v) is 10.3. The van der Waals surface area contributed by atoms with Gasteiger partial charge in [0.2, 0.25) is 0 Å². The van der Waals surface area contributed by atoms with Crippen molar-refractivity contribution in [2.75, 3.05) is 0 Å². The highest BCUT2D eigenvalue weighted by molar-refractivity contribution is 5.84. The number of aryl methyl sites for hydroxylation is 3. The minimum absolute atomic E-state index is 0.0162. The lowest BCUT2D eigenvalue weighted by Gasteiger charge is -2.28. The smallest absolute Gasteiger partial charge is 0.206 e. The van der Waals surface area contributed by atoms with Crippen LogP contribution in [0.4, 0.5) is 26.3 Å². The third-order valence-corrected chi connectivity index (χ3v) is 7.75. The zero-order valence-corrected chi connectivity index (χ0v) is 20.8. The molecular weight excluding hydrogens is 486 g/mol. The maximum Gasteiger partial charge on any atom is 0.422 e. The van der Waals surface area contributed by atoms with E-state index in [2.05, 4.69) is 6.58 Å². The van der Waals surface area contributed by atoms with Crippen LogP contribution in [0.1, 0.15) is 67.2 Å². The molecule has 0 spiro atoms. The number of benzene rings is 3. The number of hydrogen-bond acceptors (Lipinski definition) is 0. The monoisotopic (exact) mass is 518 g/mol. The summed E-state index contributed by atoms with van der Waals surface area (Å²) in [5.41, 5.74) is -0.328. The van der Waals surface area contributed by atoms with Crippen molar-refractivity contribution in [2.24, 2.45) is 11.8 Å². The summed E-state index contributed by atoms with van der Waals surface area (Å²) in [7, 11) is 0. The van der Waals surface area contributed by atoms with Gasteiger partial charge in [-0.3, -0.25) is 0 Å². The first-order valence-electron chi connectivity index (χ1n) is 13.0. The molecule has 0 radical (unpaired) electrons. The van der Waals surface area contributed by atoms with Crippen LogP contribution < -0.4 is 0 Å². The molecule has 0 heterocycles. The summed E-state index contributed by atoms with van der Waals surface area (Å²) in [5, 5.41) is 1.26. The number of fused-ring (bicyclic) bond motifs is 1. The highest BCUT2D eigenvalue weighted by Gasteiger charge is 2.37. The standard InChI is InChI=1S/C31H32F6/c1-2-3-4-20-5-7-21(8-6-20)9-10-22-12-16-26-25(17-22)15-14-24(30(26)34)13-11-23-18-27(32)29(28(33)19-23)31(35,36)37/h2,12,14-21H,1,3-11,13H2. The quantitative estimate of drug-likeness (QED) is 0.195. The van der Waals surface area contributed by atoms with Crippen molar-refractivity contribution in [1.82, 2.24) is 0 Å². The van der Waals surface area contributed by atoms with Gasteiger partial charge in [-0.25, -0.2) is 13.2 Å². The number of hydrogen-bond donors (Lipinski definition) is 0. The summed E-state index contributed by atoms with van der Waals surface area (Å²) in [6, 6.07) is 10.5. The van der Waals surface area contributed by atoms with Gasteiger partial charge in [0, 0.05) is 5.39 Å². The fourth-order valence-electron chi connectivity index (χ4n) is 5.59. The van der Waals surface area contributed by atoms with E-state index in [-0.39, 0.29) is 18.4 Å². The maximum absolute atomic E-state index is 15.2. The van der Waals surface area contributed by atoms with Crippen molar-refractivity contribution < 1.29 is 26.3 Å². The van der Waals surface area contributed by atoms with E-state index in [0.29, 0.717) is 23.1 Å². The predicted molar refractivity (Wildman–Crippen MR) is 136 cm³/mol. The Balaban J connectivity index is 1.37. The van der Waals surface area contributed by atoms with Gasteiger partial charge in [0.25, 0.3) is 0 Å². The summed E-state index contributed by atoms with van der Waals surface area (Å²) in [6.07, 6.45) is 6.54. The topological polar surface area (TPSA) is 0 Å². The zero-order chi connectivity index (χ0) is 26.6. The van der Waals surface area contributed by atoms with E-state index >= 15 is 4.39 Å². The van der Waals surface area contributed by atoms with Crippen molar-refractivity contribution in [3.63, 3.8) is 0 Å². The Hall–Kier alpha value is -2.76. The normalized spacial score (nSPS) is 18.3. The van der Waals surface area contributed by atoms with E-state index in [1.165, 1.54) is 37.7 Å². The molecule has 0 N–H and O–H groups in total. The van der Waals surface area contributed by atoms with Crippen molar-refractivity contribution in [1.29, 1.82) is 0 Å². The van der Waals surface area contributed by atoms with E-state index in [1.807, 2.05) is 24.3 Å². The van der Waals surface area contributed by atoms with Crippen molar-refractivity contribution in [3.8, 4) is 0 Å². The van der Waals surface area contributed by atoms with E-state index < -0.39 is 29.2 Å². The molecule has 6 heteroatoms. The molecule has 0 bridgehead atoms. The van der Waals surface area contributed by atoms with Crippen LogP contribution in [0, 0.1) is 29.3 Å². The molecular formula is C31H32F6. The summed E-state index contributed by atoms with van der Waals surface area (Å²) in [5.74, 6) is -2.17. The molecule has 0 aromatic heterocycles. The zero-order valence-electron chi connectivity index (χ0n) is 20.8. The largest absolute Gasteiger partial charge is 0.422 e. The Bertz CT molecular complexity index is 1210. The SMILES string of the molecule is C=CCCC1CCC(CCc2ccc3c(F)c(CCc4cc(F)c(C(F)(F)F)c(F)c4)ccc3c2)CC1. The first kappa shape index (κ1) is 27.3. The molecule has 1 fully saturated rings. The molecule has 3 aromatic carbocycles.